The number of hydrogen-bond donors (Lipinski definition) is 0. The molecular formula is C26H24F4O. The number of unbranched alkanes of at least 4 members (excludes halogenated alkanes) is 3. The largest absolute Gasteiger partial charge is 0.573 e. The number of halogens is 4. The fourth-order valence-electron chi connectivity index (χ4n) is 4.25. The number of rotatable bonds is 7. The molecule has 31 heavy (non-hydrogen) atoms. The second kappa shape index (κ2) is 8.74. The maximum atomic E-state index is 14.9. The van der Waals surface area contributed by atoms with E-state index in [2.05, 4.69) is 29.9 Å². The third-order valence-electron chi connectivity index (χ3n) is 5.75. The first-order valence-electron chi connectivity index (χ1n) is 10.6. The minimum absolute atomic E-state index is 0.323. The Hall–Kier alpha value is -2.82. The predicted molar refractivity (Wildman–Crippen MR) is 115 cm³/mol. The minimum atomic E-state index is -4.75. The number of hydrogen-bond acceptors (Lipinski definition) is 1. The molecule has 162 valence electrons. The molecule has 0 aliphatic heterocycles. The summed E-state index contributed by atoms with van der Waals surface area (Å²) >= 11 is 0. The number of aryl methyl sites for hydroxylation is 1. The van der Waals surface area contributed by atoms with Crippen LogP contribution in [0.15, 0.2) is 54.6 Å². The predicted octanol–water partition coefficient (Wildman–Crippen LogP) is 8.09. The van der Waals surface area contributed by atoms with Gasteiger partial charge < -0.3 is 4.74 Å². The van der Waals surface area contributed by atoms with E-state index < -0.39 is 6.36 Å². The SMILES string of the molecule is CCCCCCc1ccc2c(c1)Cc1cc(-c3ccc(OC(F)(F)F)cc3)c(F)cc1-2. The maximum Gasteiger partial charge on any atom is 0.573 e. The fraction of sp³-hybridized carbons (Fsp3) is 0.308. The second-order valence-electron chi connectivity index (χ2n) is 8.04. The van der Waals surface area contributed by atoms with Gasteiger partial charge in [-0.05, 0) is 76.9 Å². The molecule has 0 atom stereocenters. The van der Waals surface area contributed by atoms with Crippen LogP contribution in [-0.4, -0.2) is 6.36 Å². The Balaban J connectivity index is 1.55. The van der Waals surface area contributed by atoms with Crippen LogP contribution in [0.25, 0.3) is 22.3 Å². The molecular weight excluding hydrogens is 404 g/mol. The van der Waals surface area contributed by atoms with Crippen LogP contribution in [-0.2, 0) is 12.8 Å². The summed E-state index contributed by atoms with van der Waals surface area (Å²) in [6, 6.07) is 15.1. The normalized spacial score (nSPS) is 12.5. The van der Waals surface area contributed by atoms with Crippen LogP contribution < -0.4 is 4.74 Å². The zero-order chi connectivity index (χ0) is 22.0. The van der Waals surface area contributed by atoms with Gasteiger partial charge in [-0.1, -0.05) is 56.5 Å². The Morgan fingerprint density at radius 1 is 0.806 bits per heavy atom. The van der Waals surface area contributed by atoms with Crippen LogP contribution >= 0.6 is 0 Å². The molecule has 3 aromatic carbocycles. The molecule has 0 aromatic heterocycles. The first-order valence-corrected chi connectivity index (χ1v) is 10.6. The van der Waals surface area contributed by atoms with Gasteiger partial charge in [0.25, 0.3) is 0 Å². The lowest BCUT2D eigenvalue weighted by Gasteiger charge is -2.11. The maximum absolute atomic E-state index is 14.9. The van der Waals surface area contributed by atoms with Crippen molar-refractivity contribution < 1.29 is 22.3 Å². The topological polar surface area (TPSA) is 9.23 Å². The molecule has 0 spiro atoms. The first kappa shape index (κ1) is 21.4. The van der Waals surface area contributed by atoms with Crippen molar-refractivity contribution in [1.29, 1.82) is 0 Å². The summed E-state index contributed by atoms with van der Waals surface area (Å²) in [7, 11) is 0. The monoisotopic (exact) mass is 428 g/mol. The van der Waals surface area contributed by atoms with Gasteiger partial charge in [-0.3, -0.25) is 0 Å². The van der Waals surface area contributed by atoms with E-state index in [1.807, 2.05) is 6.07 Å². The van der Waals surface area contributed by atoms with Gasteiger partial charge in [-0.15, -0.1) is 13.2 Å². The van der Waals surface area contributed by atoms with E-state index in [0.29, 0.717) is 11.1 Å². The lowest BCUT2D eigenvalue weighted by molar-refractivity contribution is -0.274. The highest BCUT2D eigenvalue weighted by Gasteiger charge is 2.31. The molecule has 1 aliphatic rings. The van der Waals surface area contributed by atoms with Crippen LogP contribution in [0.5, 0.6) is 5.75 Å². The van der Waals surface area contributed by atoms with Crippen LogP contribution in [0.1, 0.15) is 49.3 Å². The van der Waals surface area contributed by atoms with Gasteiger partial charge in [-0.2, -0.15) is 0 Å². The number of ether oxygens (including phenoxy) is 1. The lowest BCUT2D eigenvalue weighted by atomic mass is 9.98. The Labute approximate surface area is 179 Å². The summed E-state index contributed by atoms with van der Waals surface area (Å²) in [6.45, 7) is 2.20. The van der Waals surface area contributed by atoms with Crippen molar-refractivity contribution in [2.24, 2.45) is 0 Å². The van der Waals surface area contributed by atoms with E-state index in [-0.39, 0.29) is 11.6 Å². The molecule has 0 amide bonds. The second-order valence-corrected chi connectivity index (χ2v) is 8.04. The molecule has 0 N–H and O–H groups in total. The highest BCUT2D eigenvalue weighted by atomic mass is 19.4. The van der Waals surface area contributed by atoms with Crippen LogP contribution in [0.3, 0.4) is 0 Å². The van der Waals surface area contributed by atoms with Gasteiger partial charge in [0.05, 0.1) is 0 Å². The molecule has 0 saturated carbocycles. The van der Waals surface area contributed by atoms with Gasteiger partial charge in [0, 0.05) is 5.56 Å². The van der Waals surface area contributed by atoms with Crippen molar-refractivity contribution in [3.63, 3.8) is 0 Å². The van der Waals surface area contributed by atoms with Crippen LogP contribution in [0.4, 0.5) is 17.6 Å². The van der Waals surface area contributed by atoms with Gasteiger partial charge in [0.15, 0.2) is 0 Å². The van der Waals surface area contributed by atoms with Crippen molar-refractivity contribution >= 4 is 0 Å². The number of alkyl halides is 3. The lowest BCUT2D eigenvalue weighted by Crippen LogP contribution is -2.16. The minimum Gasteiger partial charge on any atom is -0.406 e. The van der Waals surface area contributed by atoms with E-state index in [0.717, 1.165) is 29.5 Å². The standard InChI is InChI=1S/C26H24F4O/c1-2-3-4-5-6-17-7-12-22-19(13-17)14-20-15-24(25(27)16-23(20)22)18-8-10-21(11-9-18)31-26(28,29)30/h7-13,15-16H,2-6,14H2,1H3. The average molecular weight is 428 g/mol. The molecule has 0 heterocycles. The van der Waals surface area contributed by atoms with Gasteiger partial charge in [0.1, 0.15) is 11.6 Å². The first-order chi connectivity index (χ1) is 14.8. The summed E-state index contributed by atoms with van der Waals surface area (Å²) < 4.78 is 55.9. The molecule has 1 nitrogen and oxygen atoms in total. The van der Waals surface area contributed by atoms with Crippen molar-refractivity contribution in [2.45, 2.75) is 51.8 Å². The van der Waals surface area contributed by atoms with E-state index >= 15 is 0 Å². The Kier molecular flexibility index (Phi) is 6.03. The average Bonchev–Trinajstić information content (AvgIpc) is 3.07. The summed E-state index contributed by atoms with van der Waals surface area (Å²) in [5.41, 5.74) is 6.40. The van der Waals surface area contributed by atoms with Crippen molar-refractivity contribution in [3.05, 3.63) is 77.1 Å². The molecule has 1 aliphatic carbocycles. The van der Waals surface area contributed by atoms with E-state index in [4.69, 9.17) is 0 Å². The van der Waals surface area contributed by atoms with Gasteiger partial charge >= 0.3 is 6.36 Å². The molecule has 0 saturated heterocycles. The highest BCUT2D eigenvalue weighted by Crippen LogP contribution is 2.40. The summed E-state index contributed by atoms with van der Waals surface area (Å²) in [4.78, 5) is 0. The molecule has 0 fully saturated rings. The quantitative estimate of drug-likeness (QED) is 0.213. The molecule has 4 rings (SSSR count). The van der Waals surface area contributed by atoms with Gasteiger partial charge in [0.2, 0.25) is 0 Å². The van der Waals surface area contributed by atoms with Crippen molar-refractivity contribution in [1.82, 2.24) is 0 Å². The molecule has 0 unspecified atom stereocenters. The van der Waals surface area contributed by atoms with Crippen molar-refractivity contribution in [3.8, 4) is 28.0 Å². The zero-order valence-corrected chi connectivity index (χ0v) is 17.4. The van der Waals surface area contributed by atoms with E-state index in [1.54, 1.807) is 0 Å². The van der Waals surface area contributed by atoms with Crippen LogP contribution in [0, 0.1) is 5.82 Å². The molecule has 5 heteroatoms. The summed E-state index contributed by atoms with van der Waals surface area (Å²) in [5, 5.41) is 0. The molecule has 3 aromatic rings. The third-order valence-corrected chi connectivity index (χ3v) is 5.75. The molecule has 0 bridgehead atoms. The van der Waals surface area contributed by atoms with Crippen LogP contribution in [0.2, 0.25) is 0 Å². The number of fused-ring (bicyclic) bond motifs is 3. The molecule has 0 radical (unpaired) electrons. The Bertz CT molecular complexity index is 1070. The van der Waals surface area contributed by atoms with E-state index in [9.17, 15) is 17.6 Å². The van der Waals surface area contributed by atoms with Gasteiger partial charge in [-0.25, -0.2) is 4.39 Å². The Morgan fingerprint density at radius 3 is 2.26 bits per heavy atom. The smallest absolute Gasteiger partial charge is 0.406 e. The summed E-state index contributed by atoms with van der Waals surface area (Å²) in [6.07, 6.45) is 1.90. The third kappa shape index (κ3) is 4.92. The highest BCUT2D eigenvalue weighted by molar-refractivity contribution is 5.81. The van der Waals surface area contributed by atoms with E-state index in [1.165, 1.54) is 67.1 Å². The number of benzene rings is 3. The zero-order valence-electron chi connectivity index (χ0n) is 17.4. The summed E-state index contributed by atoms with van der Waals surface area (Å²) in [5.74, 6) is -0.712. The fourth-order valence-corrected chi connectivity index (χ4v) is 4.25. The Morgan fingerprint density at radius 2 is 1.55 bits per heavy atom. The van der Waals surface area contributed by atoms with Crippen molar-refractivity contribution in [2.75, 3.05) is 0 Å².